The summed E-state index contributed by atoms with van der Waals surface area (Å²) in [6.45, 7) is 0. The van der Waals surface area contributed by atoms with Crippen LogP contribution < -0.4 is 4.74 Å². The molecule has 0 saturated carbocycles. The quantitative estimate of drug-likeness (QED) is 0.742. The van der Waals surface area contributed by atoms with E-state index >= 15 is 0 Å². The van der Waals surface area contributed by atoms with Crippen molar-refractivity contribution in [3.05, 3.63) is 29.8 Å². The summed E-state index contributed by atoms with van der Waals surface area (Å²) in [5.41, 5.74) is 0.860. The Balaban J connectivity index is 2.18. The van der Waals surface area contributed by atoms with Gasteiger partial charge in [-0.3, -0.25) is 0 Å². The molecule has 0 aromatic heterocycles. The summed E-state index contributed by atoms with van der Waals surface area (Å²) >= 11 is 0. The van der Waals surface area contributed by atoms with E-state index in [-0.39, 0.29) is 0 Å². The predicted molar refractivity (Wildman–Crippen MR) is 61.1 cm³/mol. The fourth-order valence-electron chi connectivity index (χ4n) is 1.68. The van der Waals surface area contributed by atoms with Gasteiger partial charge in [0.1, 0.15) is 5.75 Å². The minimum absolute atomic E-state index is 0.403. The minimum Gasteiger partial charge on any atom is -0.497 e. The lowest BCUT2D eigenvalue weighted by Gasteiger charge is -2.15. The van der Waals surface area contributed by atoms with E-state index in [0.29, 0.717) is 0 Å². The van der Waals surface area contributed by atoms with Crippen LogP contribution in [0.3, 0.4) is 0 Å². The Bertz CT molecular complexity index is 427. The summed E-state index contributed by atoms with van der Waals surface area (Å²) < 4.78 is 15.1. The Labute approximate surface area is 99.0 Å². The molecule has 2 rings (SSSR count). The highest BCUT2D eigenvalue weighted by atomic mass is 16.5. The van der Waals surface area contributed by atoms with Crippen molar-refractivity contribution in [3.63, 3.8) is 0 Å². The van der Waals surface area contributed by atoms with Gasteiger partial charge in [-0.15, -0.1) is 0 Å². The number of benzene rings is 1. The zero-order valence-electron chi connectivity index (χ0n) is 9.62. The number of aliphatic imine (C=N–C) groups is 1. The van der Waals surface area contributed by atoms with E-state index in [1.165, 1.54) is 13.5 Å². The molecule has 0 bridgehead atoms. The second-order valence-electron chi connectivity index (χ2n) is 3.55. The predicted octanol–water partition coefficient (Wildman–Crippen LogP) is 1.34. The molecule has 5 heteroatoms. The summed E-state index contributed by atoms with van der Waals surface area (Å²) in [4.78, 5) is 15.4. The fraction of sp³-hybridized carbons (Fsp3) is 0.333. The maximum absolute atomic E-state index is 11.5. The smallest absolute Gasteiger partial charge is 0.334 e. The van der Waals surface area contributed by atoms with Crippen LogP contribution in [0.5, 0.6) is 5.75 Å². The standard InChI is InChI=1S/C12H13NO4/c1-15-9-5-3-8(4-6-9)11-10(12(14)16-2)13-7-17-11/h3-7,10-11H,1-2H3/t10-,11+/m0/s1. The number of nitrogens with zero attached hydrogens (tertiary/aromatic N) is 1. The number of ether oxygens (including phenoxy) is 3. The van der Waals surface area contributed by atoms with Crippen molar-refractivity contribution in [3.8, 4) is 5.75 Å². The van der Waals surface area contributed by atoms with E-state index < -0.39 is 18.1 Å². The Kier molecular flexibility index (Phi) is 3.27. The highest BCUT2D eigenvalue weighted by Gasteiger charge is 2.34. The number of hydrogen-bond donors (Lipinski definition) is 0. The Hall–Kier alpha value is -2.04. The lowest BCUT2D eigenvalue weighted by molar-refractivity contribution is -0.143. The van der Waals surface area contributed by atoms with Crippen LogP contribution in [0.15, 0.2) is 29.3 Å². The zero-order valence-corrected chi connectivity index (χ0v) is 9.62. The van der Waals surface area contributed by atoms with Gasteiger partial charge < -0.3 is 14.2 Å². The van der Waals surface area contributed by atoms with E-state index in [2.05, 4.69) is 9.73 Å². The molecule has 5 nitrogen and oxygen atoms in total. The molecule has 0 unspecified atom stereocenters. The molecule has 1 aliphatic rings. The SMILES string of the molecule is COC(=O)[C@H]1N=CO[C@@H]1c1ccc(OC)cc1. The Morgan fingerprint density at radius 3 is 2.59 bits per heavy atom. The molecule has 2 atom stereocenters. The second kappa shape index (κ2) is 4.86. The molecule has 0 aliphatic carbocycles. The Morgan fingerprint density at radius 1 is 1.29 bits per heavy atom. The van der Waals surface area contributed by atoms with Crippen molar-refractivity contribution < 1.29 is 19.0 Å². The van der Waals surface area contributed by atoms with E-state index in [1.807, 2.05) is 24.3 Å². The van der Waals surface area contributed by atoms with Crippen LogP contribution in [0.25, 0.3) is 0 Å². The molecule has 0 spiro atoms. The first kappa shape index (κ1) is 11.4. The molecule has 1 aliphatic heterocycles. The average Bonchev–Trinajstić information content (AvgIpc) is 2.87. The Morgan fingerprint density at radius 2 is 2.00 bits per heavy atom. The van der Waals surface area contributed by atoms with Gasteiger partial charge in [-0.1, -0.05) is 12.1 Å². The number of rotatable bonds is 3. The molecule has 1 aromatic rings. The van der Waals surface area contributed by atoms with Crippen molar-refractivity contribution >= 4 is 12.4 Å². The summed E-state index contributed by atoms with van der Waals surface area (Å²) in [7, 11) is 2.93. The van der Waals surface area contributed by atoms with Crippen LogP contribution in [0, 0.1) is 0 Å². The highest BCUT2D eigenvalue weighted by Crippen LogP contribution is 2.28. The topological polar surface area (TPSA) is 57.1 Å². The van der Waals surface area contributed by atoms with Gasteiger partial charge in [0.2, 0.25) is 0 Å². The van der Waals surface area contributed by atoms with Crippen molar-refractivity contribution in [1.29, 1.82) is 0 Å². The molecule has 90 valence electrons. The number of hydrogen-bond acceptors (Lipinski definition) is 5. The lowest BCUT2D eigenvalue weighted by atomic mass is 10.0. The lowest BCUT2D eigenvalue weighted by Crippen LogP contribution is -2.25. The third-order valence-electron chi connectivity index (χ3n) is 2.60. The molecule has 1 aromatic carbocycles. The van der Waals surface area contributed by atoms with Gasteiger partial charge in [0.25, 0.3) is 0 Å². The highest BCUT2D eigenvalue weighted by molar-refractivity contribution is 5.80. The number of carbonyl (C=O) groups is 1. The molecule has 0 saturated heterocycles. The van der Waals surface area contributed by atoms with Crippen molar-refractivity contribution in [2.45, 2.75) is 12.1 Å². The maximum Gasteiger partial charge on any atom is 0.334 e. The molecule has 0 N–H and O–H groups in total. The molecule has 0 amide bonds. The fourth-order valence-corrected chi connectivity index (χ4v) is 1.68. The molecular weight excluding hydrogens is 222 g/mol. The number of methoxy groups -OCH3 is 2. The third kappa shape index (κ3) is 2.22. The molecular formula is C12H13NO4. The van der Waals surface area contributed by atoms with Gasteiger partial charge in [0, 0.05) is 0 Å². The molecule has 17 heavy (non-hydrogen) atoms. The minimum atomic E-state index is -0.631. The second-order valence-corrected chi connectivity index (χ2v) is 3.55. The first-order chi connectivity index (χ1) is 8.26. The van der Waals surface area contributed by atoms with Gasteiger partial charge >= 0.3 is 5.97 Å². The van der Waals surface area contributed by atoms with Gasteiger partial charge in [0.05, 0.1) is 14.2 Å². The van der Waals surface area contributed by atoms with Crippen LogP contribution in [0.4, 0.5) is 0 Å². The molecule has 0 fully saturated rings. The normalized spacial score (nSPS) is 22.0. The van der Waals surface area contributed by atoms with Crippen molar-refractivity contribution in [1.82, 2.24) is 0 Å². The van der Waals surface area contributed by atoms with Gasteiger partial charge in [-0.25, -0.2) is 9.79 Å². The largest absolute Gasteiger partial charge is 0.497 e. The van der Waals surface area contributed by atoms with E-state index in [1.54, 1.807) is 7.11 Å². The third-order valence-corrected chi connectivity index (χ3v) is 2.60. The first-order valence-corrected chi connectivity index (χ1v) is 5.15. The van der Waals surface area contributed by atoms with E-state index in [0.717, 1.165) is 11.3 Å². The van der Waals surface area contributed by atoms with Gasteiger partial charge in [0.15, 0.2) is 18.5 Å². The van der Waals surface area contributed by atoms with Crippen molar-refractivity contribution in [2.24, 2.45) is 4.99 Å². The van der Waals surface area contributed by atoms with Gasteiger partial charge in [-0.05, 0) is 17.7 Å². The maximum atomic E-state index is 11.5. The van der Waals surface area contributed by atoms with Crippen LogP contribution in [-0.2, 0) is 14.3 Å². The number of esters is 1. The molecule has 0 radical (unpaired) electrons. The van der Waals surface area contributed by atoms with Crippen LogP contribution in [0.1, 0.15) is 11.7 Å². The zero-order chi connectivity index (χ0) is 12.3. The summed E-state index contributed by atoms with van der Waals surface area (Å²) in [6.07, 6.45) is 0.865. The summed E-state index contributed by atoms with van der Waals surface area (Å²) in [6, 6.07) is 6.67. The first-order valence-electron chi connectivity index (χ1n) is 5.15. The molecule has 1 heterocycles. The average molecular weight is 235 g/mol. The number of carbonyl (C=O) groups excluding carboxylic acids is 1. The monoisotopic (exact) mass is 235 g/mol. The van der Waals surface area contributed by atoms with Crippen LogP contribution in [0.2, 0.25) is 0 Å². The summed E-state index contributed by atoms with van der Waals surface area (Å²) in [5.74, 6) is 0.349. The van der Waals surface area contributed by atoms with Crippen LogP contribution >= 0.6 is 0 Å². The van der Waals surface area contributed by atoms with Crippen molar-refractivity contribution in [2.75, 3.05) is 14.2 Å². The van der Waals surface area contributed by atoms with E-state index in [4.69, 9.17) is 9.47 Å². The summed E-state index contributed by atoms with van der Waals surface area (Å²) in [5, 5.41) is 0. The van der Waals surface area contributed by atoms with Crippen LogP contribution in [-0.4, -0.2) is 32.6 Å². The van der Waals surface area contributed by atoms with E-state index in [9.17, 15) is 4.79 Å². The van der Waals surface area contributed by atoms with Gasteiger partial charge in [-0.2, -0.15) is 0 Å².